The van der Waals surface area contributed by atoms with E-state index < -0.39 is 23.3 Å². The van der Waals surface area contributed by atoms with Crippen LogP contribution in [0, 0.1) is 6.92 Å². The number of carbonyl (C=O) groups is 1. The summed E-state index contributed by atoms with van der Waals surface area (Å²) in [6.07, 6.45) is 1.63. The number of nitrogens with one attached hydrogen (secondary N) is 1. The van der Waals surface area contributed by atoms with Gasteiger partial charge in [-0.3, -0.25) is 9.78 Å². The summed E-state index contributed by atoms with van der Waals surface area (Å²) in [7, 11) is 0. The summed E-state index contributed by atoms with van der Waals surface area (Å²) in [5.41, 5.74) is -0.581. The van der Waals surface area contributed by atoms with Crippen LogP contribution >= 0.6 is 11.6 Å². The first-order valence-corrected chi connectivity index (χ1v) is 10.5. The number of pyridine rings is 2. The van der Waals surface area contributed by atoms with E-state index in [2.05, 4.69) is 30.6 Å². The van der Waals surface area contributed by atoms with Gasteiger partial charge in [-0.1, -0.05) is 17.7 Å². The Bertz CT molecular complexity index is 1560. The molecule has 1 N–H and O–H groups in total. The highest BCUT2D eigenvalue weighted by Crippen LogP contribution is 2.36. The fourth-order valence-corrected chi connectivity index (χ4v) is 3.90. The smallest absolute Gasteiger partial charge is 0.320 e. The first-order valence-electron chi connectivity index (χ1n) is 10.1. The van der Waals surface area contributed by atoms with E-state index in [0.717, 1.165) is 10.9 Å². The van der Waals surface area contributed by atoms with E-state index in [1.165, 1.54) is 29.5 Å². The van der Waals surface area contributed by atoms with Crippen LogP contribution in [0.25, 0.3) is 22.4 Å². The van der Waals surface area contributed by atoms with Crippen LogP contribution in [-0.4, -0.2) is 40.6 Å². The lowest BCUT2D eigenvalue weighted by Crippen LogP contribution is -2.21. The van der Waals surface area contributed by atoms with Crippen LogP contribution in [0.4, 0.5) is 18.9 Å². The van der Waals surface area contributed by atoms with E-state index in [-0.39, 0.29) is 22.2 Å². The minimum atomic E-state index is -4.88. The molecule has 0 atom stereocenters. The van der Waals surface area contributed by atoms with Crippen LogP contribution in [0.3, 0.4) is 0 Å². The Hall–Kier alpha value is -4.32. The maximum absolute atomic E-state index is 14.2. The highest BCUT2D eigenvalue weighted by atomic mass is 35.5. The molecule has 9 nitrogen and oxygen atoms in total. The lowest BCUT2D eigenvalue weighted by Gasteiger charge is -2.16. The molecule has 4 heterocycles. The zero-order valence-electron chi connectivity index (χ0n) is 17.8. The van der Waals surface area contributed by atoms with Gasteiger partial charge in [0.15, 0.2) is 11.5 Å². The quantitative estimate of drug-likeness (QED) is 0.387. The normalized spacial score (nSPS) is 11.7. The third-order valence-electron chi connectivity index (χ3n) is 5.14. The van der Waals surface area contributed by atoms with Crippen molar-refractivity contribution in [1.82, 2.24) is 34.7 Å². The molecule has 0 fully saturated rings. The Morgan fingerprint density at radius 3 is 2.51 bits per heavy atom. The third-order valence-corrected chi connectivity index (χ3v) is 5.42. The van der Waals surface area contributed by atoms with Crippen LogP contribution in [0.1, 0.15) is 21.6 Å². The Morgan fingerprint density at radius 2 is 1.80 bits per heavy atom. The second-order valence-corrected chi connectivity index (χ2v) is 7.83. The van der Waals surface area contributed by atoms with Gasteiger partial charge < -0.3 is 5.32 Å². The first kappa shape index (κ1) is 22.5. The van der Waals surface area contributed by atoms with Crippen LogP contribution in [0.2, 0.25) is 5.02 Å². The van der Waals surface area contributed by atoms with Gasteiger partial charge in [0.1, 0.15) is 0 Å². The summed E-state index contributed by atoms with van der Waals surface area (Å²) in [5, 5.41) is 14.7. The fraction of sp³-hybridized carbons (Fsp3) is 0.0909. The molecule has 0 radical (unpaired) electrons. The van der Waals surface area contributed by atoms with Crippen molar-refractivity contribution >= 4 is 34.1 Å². The van der Waals surface area contributed by atoms with Crippen molar-refractivity contribution < 1.29 is 18.0 Å². The van der Waals surface area contributed by atoms with Gasteiger partial charge in [-0.15, -0.1) is 4.80 Å². The summed E-state index contributed by atoms with van der Waals surface area (Å²) in [6.45, 7) is 1.66. The molecule has 0 aliphatic rings. The Kier molecular flexibility index (Phi) is 5.44. The number of nitrogens with zero attached hydrogens (tertiary/aromatic N) is 7. The third kappa shape index (κ3) is 4.08. The number of halogens is 4. The molecule has 4 aromatic heterocycles. The number of aromatic nitrogens is 7. The van der Waals surface area contributed by atoms with Gasteiger partial charge in [0.25, 0.3) is 5.91 Å². The van der Waals surface area contributed by atoms with Crippen LogP contribution in [0.5, 0.6) is 0 Å². The highest BCUT2D eigenvalue weighted by molar-refractivity contribution is 6.32. The predicted octanol–water partition coefficient (Wildman–Crippen LogP) is 4.63. The molecule has 13 heteroatoms. The largest absolute Gasteiger partial charge is 0.434 e. The topological polar surface area (TPSA) is 103 Å². The summed E-state index contributed by atoms with van der Waals surface area (Å²) >= 11 is 6.19. The van der Waals surface area contributed by atoms with Gasteiger partial charge in [-0.25, -0.2) is 9.67 Å². The number of fused-ring (bicyclic) bond motifs is 1. The lowest BCUT2D eigenvalue weighted by atomic mass is 10.1. The molecule has 5 rings (SSSR count). The summed E-state index contributed by atoms with van der Waals surface area (Å²) in [4.78, 5) is 22.4. The number of amides is 1. The van der Waals surface area contributed by atoms with Gasteiger partial charge in [0.05, 0.1) is 52.3 Å². The van der Waals surface area contributed by atoms with E-state index in [1.807, 2.05) is 0 Å². The van der Waals surface area contributed by atoms with Crippen molar-refractivity contribution in [3.63, 3.8) is 0 Å². The van der Waals surface area contributed by atoms with Crippen molar-refractivity contribution in [3.8, 4) is 11.5 Å². The van der Waals surface area contributed by atoms with E-state index in [9.17, 15) is 18.0 Å². The van der Waals surface area contributed by atoms with Crippen molar-refractivity contribution in [2.24, 2.45) is 0 Å². The number of hydrogen-bond acceptors (Lipinski definition) is 6. The van der Waals surface area contributed by atoms with Crippen LogP contribution in [0.15, 0.2) is 61.3 Å². The second-order valence-electron chi connectivity index (χ2n) is 7.42. The number of alkyl halides is 3. The molecule has 176 valence electrons. The van der Waals surface area contributed by atoms with E-state index in [1.54, 1.807) is 37.4 Å². The molecule has 0 bridgehead atoms. The van der Waals surface area contributed by atoms with Crippen LogP contribution in [-0.2, 0) is 6.18 Å². The zero-order chi connectivity index (χ0) is 24.7. The van der Waals surface area contributed by atoms with E-state index >= 15 is 0 Å². The zero-order valence-corrected chi connectivity index (χ0v) is 18.6. The van der Waals surface area contributed by atoms with Gasteiger partial charge in [0, 0.05) is 11.6 Å². The van der Waals surface area contributed by atoms with Crippen molar-refractivity contribution in [1.29, 1.82) is 0 Å². The van der Waals surface area contributed by atoms with Crippen LogP contribution < -0.4 is 5.32 Å². The summed E-state index contributed by atoms with van der Waals surface area (Å²) in [5.74, 6) is -0.832. The molecule has 0 spiro atoms. The fourth-order valence-electron chi connectivity index (χ4n) is 3.65. The first-order chi connectivity index (χ1) is 16.7. The molecule has 0 saturated carbocycles. The molecule has 1 aromatic carbocycles. The van der Waals surface area contributed by atoms with Gasteiger partial charge in [-0.05, 0) is 36.8 Å². The number of carbonyl (C=O) groups excluding carboxylic acids is 1. The number of aryl methyl sites for hydroxylation is 1. The number of hydrogen-bond donors (Lipinski definition) is 1. The van der Waals surface area contributed by atoms with E-state index in [0.29, 0.717) is 16.5 Å². The maximum Gasteiger partial charge on any atom is 0.434 e. The standard InChI is InChI=1S/C22H14ClF3N8O/c1-12-4-5-17-14(3-2-6-27-17)18(12)33-19(22(24,25)26)15(11-31-33)21(35)32-13-9-16(23)20(28-10-13)34-29-7-8-30-34/h2-11H,1H3,(H,32,35). The number of anilines is 1. The minimum Gasteiger partial charge on any atom is -0.320 e. The number of benzene rings is 1. The highest BCUT2D eigenvalue weighted by Gasteiger charge is 2.41. The van der Waals surface area contributed by atoms with Crippen molar-refractivity contribution in [3.05, 3.63) is 83.2 Å². The Morgan fingerprint density at radius 1 is 1.03 bits per heavy atom. The molecular formula is C22H14ClF3N8O. The molecule has 35 heavy (non-hydrogen) atoms. The molecule has 5 aromatic rings. The maximum atomic E-state index is 14.2. The molecule has 0 unspecified atom stereocenters. The molecule has 1 amide bonds. The average molecular weight is 499 g/mol. The predicted molar refractivity (Wildman–Crippen MR) is 121 cm³/mol. The number of rotatable bonds is 4. The lowest BCUT2D eigenvalue weighted by molar-refractivity contribution is -0.143. The Balaban J connectivity index is 1.56. The molecule has 0 aliphatic heterocycles. The molecule has 0 saturated heterocycles. The average Bonchev–Trinajstić information content (AvgIpc) is 3.49. The summed E-state index contributed by atoms with van der Waals surface area (Å²) < 4.78 is 43.4. The van der Waals surface area contributed by atoms with E-state index in [4.69, 9.17) is 11.6 Å². The van der Waals surface area contributed by atoms with Gasteiger partial charge >= 0.3 is 6.18 Å². The molecular weight excluding hydrogens is 485 g/mol. The van der Waals surface area contributed by atoms with Gasteiger partial charge in [0.2, 0.25) is 0 Å². The van der Waals surface area contributed by atoms with Crippen molar-refractivity contribution in [2.45, 2.75) is 13.1 Å². The summed E-state index contributed by atoms with van der Waals surface area (Å²) in [6, 6.07) is 7.96. The van der Waals surface area contributed by atoms with Gasteiger partial charge in [-0.2, -0.15) is 28.5 Å². The Labute approximate surface area is 200 Å². The van der Waals surface area contributed by atoms with Crippen molar-refractivity contribution in [2.75, 3.05) is 5.32 Å². The monoisotopic (exact) mass is 498 g/mol. The second kappa shape index (κ2) is 8.47. The SMILES string of the molecule is Cc1ccc2ncccc2c1-n1ncc(C(=O)Nc2cnc(-n3nccn3)c(Cl)c2)c1C(F)(F)F. The molecule has 0 aliphatic carbocycles. The minimum absolute atomic E-state index is 0.0855.